The first-order valence-electron chi connectivity index (χ1n) is 5.07. The molecule has 2 unspecified atom stereocenters. The Labute approximate surface area is 78.1 Å². The van der Waals surface area contributed by atoms with E-state index in [1.54, 1.807) is 0 Å². The first-order valence-corrected chi connectivity index (χ1v) is 5.07. The smallest absolute Gasteiger partial charge is 0.0525 e. The molecular formula is C10H15N3. The SMILES string of the molecule is Cn1cc(C2CC2NC2CC2)cn1. The molecule has 0 saturated heterocycles. The van der Waals surface area contributed by atoms with E-state index in [1.165, 1.54) is 24.8 Å². The fourth-order valence-corrected chi connectivity index (χ4v) is 1.93. The van der Waals surface area contributed by atoms with Crippen LogP contribution in [0.1, 0.15) is 30.7 Å². The molecule has 2 aliphatic carbocycles. The zero-order valence-corrected chi connectivity index (χ0v) is 7.90. The van der Waals surface area contributed by atoms with Crippen molar-refractivity contribution in [3.8, 4) is 0 Å². The average molecular weight is 177 g/mol. The predicted molar refractivity (Wildman–Crippen MR) is 50.5 cm³/mol. The van der Waals surface area contributed by atoms with E-state index >= 15 is 0 Å². The molecule has 1 heterocycles. The third-order valence-electron chi connectivity index (χ3n) is 2.97. The lowest BCUT2D eigenvalue weighted by Gasteiger charge is -1.98. The van der Waals surface area contributed by atoms with E-state index in [4.69, 9.17) is 0 Å². The molecule has 2 atom stereocenters. The standard InChI is InChI=1S/C10H15N3/c1-13-6-7(5-11-13)9-4-10(9)12-8-2-3-8/h5-6,8-10,12H,2-4H2,1H3. The summed E-state index contributed by atoms with van der Waals surface area (Å²) in [6.07, 6.45) is 8.22. The lowest BCUT2D eigenvalue weighted by molar-refractivity contribution is 0.667. The summed E-state index contributed by atoms with van der Waals surface area (Å²) in [6.45, 7) is 0. The normalized spacial score (nSPS) is 32.1. The summed E-state index contributed by atoms with van der Waals surface area (Å²) >= 11 is 0. The summed E-state index contributed by atoms with van der Waals surface area (Å²) in [4.78, 5) is 0. The monoisotopic (exact) mass is 177 g/mol. The molecule has 0 radical (unpaired) electrons. The van der Waals surface area contributed by atoms with Crippen LogP contribution in [0.4, 0.5) is 0 Å². The van der Waals surface area contributed by atoms with Gasteiger partial charge in [0.2, 0.25) is 0 Å². The van der Waals surface area contributed by atoms with Gasteiger partial charge in [0, 0.05) is 31.2 Å². The Morgan fingerprint density at radius 3 is 3.00 bits per heavy atom. The van der Waals surface area contributed by atoms with Crippen LogP contribution < -0.4 is 5.32 Å². The van der Waals surface area contributed by atoms with Gasteiger partial charge in [-0.2, -0.15) is 5.10 Å². The van der Waals surface area contributed by atoms with Crippen LogP contribution in [0.3, 0.4) is 0 Å². The first-order chi connectivity index (χ1) is 6.33. The van der Waals surface area contributed by atoms with Crippen LogP contribution in [0.5, 0.6) is 0 Å². The van der Waals surface area contributed by atoms with E-state index < -0.39 is 0 Å². The van der Waals surface area contributed by atoms with Crippen molar-refractivity contribution in [2.24, 2.45) is 7.05 Å². The van der Waals surface area contributed by atoms with Gasteiger partial charge in [-0.3, -0.25) is 4.68 Å². The van der Waals surface area contributed by atoms with Gasteiger partial charge in [-0.1, -0.05) is 0 Å². The summed E-state index contributed by atoms with van der Waals surface area (Å²) in [5, 5.41) is 7.84. The molecule has 3 rings (SSSR count). The maximum absolute atomic E-state index is 4.20. The molecule has 3 heteroatoms. The maximum Gasteiger partial charge on any atom is 0.0525 e. The van der Waals surface area contributed by atoms with Crippen molar-refractivity contribution >= 4 is 0 Å². The molecule has 2 aliphatic rings. The van der Waals surface area contributed by atoms with Crippen LogP contribution in [0.15, 0.2) is 12.4 Å². The summed E-state index contributed by atoms with van der Waals surface area (Å²) in [5.74, 6) is 0.745. The van der Waals surface area contributed by atoms with Gasteiger partial charge in [-0.05, 0) is 24.8 Å². The first kappa shape index (κ1) is 7.56. The second kappa shape index (κ2) is 2.58. The van der Waals surface area contributed by atoms with Gasteiger partial charge in [-0.25, -0.2) is 0 Å². The molecule has 3 nitrogen and oxygen atoms in total. The molecule has 0 bridgehead atoms. The van der Waals surface area contributed by atoms with Gasteiger partial charge in [0.15, 0.2) is 0 Å². The number of hydrogen-bond donors (Lipinski definition) is 1. The average Bonchev–Trinajstić information content (AvgIpc) is 3.00. The predicted octanol–water partition coefficient (Wildman–Crippen LogP) is 1.03. The number of nitrogens with zero attached hydrogens (tertiary/aromatic N) is 2. The van der Waals surface area contributed by atoms with Crippen molar-refractivity contribution in [3.05, 3.63) is 18.0 Å². The van der Waals surface area contributed by atoms with Crippen LogP contribution >= 0.6 is 0 Å². The Hall–Kier alpha value is -0.830. The summed E-state index contributed by atoms with van der Waals surface area (Å²) in [6, 6.07) is 1.59. The number of nitrogens with one attached hydrogen (secondary N) is 1. The fourth-order valence-electron chi connectivity index (χ4n) is 1.93. The van der Waals surface area contributed by atoms with E-state index in [9.17, 15) is 0 Å². The molecule has 1 aromatic rings. The second-order valence-electron chi connectivity index (χ2n) is 4.34. The molecule has 70 valence electrons. The molecule has 13 heavy (non-hydrogen) atoms. The topological polar surface area (TPSA) is 29.9 Å². The van der Waals surface area contributed by atoms with Crippen molar-refractivity contribution in [1.29, 1.82) is 0 Å². The number of rotatable bonds is 3. The lowest BCUT2D eigenvalue weighted by atomic mass is 10.2. The van der Waals surface area contributed by atoms with Gasteiger partial charge >= 0.3 is 0 Å². The summed E-state index contributed by atoms with van der Waals surface area (Å²) in [7, 11) is 1.98. The molecular weight excluding hydrogens is 162 g/mol. The second-order valence-corrected chi connectivity index (χ2v) is 4.34. The zero-order chi connectivity index (χ0) is 8.84. The largest absolute Gasteiger partial charge is 0.311 e. The number of aryl methyl sites for hydroxylation is 1. The van der Waals surface area contributed by atoms with E-state index in [0.717, 1.165) is 18.0 Å². The minimum atomic E-state index is 0.745. The van der Waals surface area contributed by atoms with E-state index in [0.29, 0.717) is 0 Å². The number of aromatic nitrogens is 2. The molecule has 0 aromatic carbocycles. The van der Waals surface area contributed by atoms with Crippen molar-refractivity contribution in [2.75, 3.05) is 0 Å². The third-order valence-corrected chi connectivity index (χ3v) is 2.97. The fraction of sp³-hybridized carbons (Fsp3) is 0.700. The van der Waals surface area contributed by atoms with Crippen LogP contribution in [-0.2, 0) is 7.05 Å². The molecule has 0 aliphatic heterocycles. The minimum absolute atomic E-state index is 0.745. The maximum atomic E-state index is 4.20. The van der Waals surface area contributed by atoms with Crippen LogP contribution in [0.2, 0.25) is 0 Å². The molecule has 0 amide bonds. The highest BCUT2D eigenvalue weighted by Gasteiger charge is 2.41. The minimum Gasteiger partial charge on any atom is -0.311 e. The van der Waals surface area contributed by atoms with Crippen molar-refractivity contribution in [3.63, 3.8) is 0 Å². The lowest BCUT2D eigenvalue weighted by Crippen LogP contribution is -2.19. The Morgan fingerprint density at radius 2 is 2.38 bits per heavy atom. The highest BCUT2D eigenvalue weighted by molar-refractivity contribution is 5.23. The highest BCUT2D eigenvalue weighted by Crippen LogP contribution is 2.42. The van der Waals surface area contributed by atoms with Crippen molar-refractivity contribution in [2.45, 2.75) is 37.3 Å². The molecule has 1 aromatic heterocycles. The number of hydrogen-bond acceptors (Lipinski definition) is 2. The van der Waals surface area contributed by atoms with Gasteiger partial charge in [-0.15, -0.1) is 0 Å². The van der Waals surface area contributed by atoms with E-state index in [2.05, 4.69) is 16.6 Å². The Balaban J connectivity index is 1.62. The van der Waals surface area contributed by atoms with Gasteiger partial charge in [0.1, 0.15) is 0 Å². The molecule has 2 saturated carbocycles. The van der Waals surface area contributed by atoms with Gasteiger partial charge < -0.3 is 5.32 Å². The van der Waals surface area contributed by atoms with Gasteiger partial charge in [0.25, 0.3) is 0 Å². The molecule has 0 spiro atoms. The van der Waals surface area contributed by atoms with Crippen LogP contribution in [0.25, 0.3) is 0 Å². The van der Waals surface area contributed by atoms with Crippen molar-refractivity contribution in [1.82, 2.24) is 15.1 Å². The third kappa shape index (κ3) is 1.48. The Bertz CT molecular complexity index is 314. The van der Waals surface area contributed by atoms with E-state index in [1.807, 2.05) is 17.9 Å². The quantitative estimate of drug-likeness (QED) is 0.747. The van der Waals surface area contributed by atoms with Crippen LogP contribution in [0, 0.1) is 0 Å². The summed E-state index contributed by atoms with van der Waals surface area (Å²) in [5.41, 5.74) is 1.40. The van der Waals surface area contributed by atoms with E-state index in [-0.39, 0.29) is 0 Å². The highest BCUT2D eigenvalue weighted by atomic mass is 15.2. The Morgan fingerprint density at radius 1 is 1.54 bits per heavy atom. The zero-order valence-electron chi connectivity index (χ0n) is 7.90. The van der Waals surface area contributed by atoms with Crippen LogP contribution in [-0.4, -0.2) is 21.9 Å². The van der Waals surface area contributed by atoms with Crippen molar-refractivity contribution < 1.29 is 0 Å². The molecule has 2 fully saturated rings. The Kier molecular flexibility index (Phi) is 1.50. The molecule has 1 N–H and O–H groups in total. The van der Waals surface area contributed by atoms with Gasteiger partial charge in [0.05, 0.1) is 6.20 Å². The summed E-state index contributed by atoms with van der Waals surface area (Å²) < 4.78 is 1.89.